The molecule has 1 atom stereocenters. The van der Waals surface area contributed by atoms with Crippen LogP contribution in [-0.2, 0) is 14.3 Å². The van der Waals surface area contributed by atoms with Crippen LogP contribution >= 0.6 is 0 Å². The van der Waals surface area contributed by atoms with Gasteiger partial charge in [-0.2, -0.15) is 0 Å². The van der Waals surface area contributed by atoms with Gasteiger partial charge in [-0.25, -0.2) is 9.59 Å². The molecule has 2 saturated carbocycles. The van der Waals surface area contributed by atoms with Gasteiger partial charge < -0.3 is 14.6 Å². The van der Waals surface area contributed by atoms with Gasteiger partial charge in [0.1, 0.15) is 6.61 Å². The van der Waals surface area contributed by atoms with Crippen molar-refractivity contribution in [3.05, 3.63) is 59.7 Å². The molecular formula is C25H27NO5. The van der Waals surface area contributed by atoms with Crippen LogP contribution in [0.5, 0.6) is 0 Å². The zero-order chi connectivity index (χ0) is 21.6. The molecule has 162 valence electrons. The number of nitrogens with zero attached hydrogens (tertiary/aromatic N) is 1. The second kappa shape index (κ2) is 7.68. The number of fused-ring (bicyclic) bond motifs is 3. The molecule has 0 aliphatic heterocycles. The molecule has 1 unspecified atom stereocenters. The lowest BCUT2D eigenvalue weighted by molar-refractivity contribution is -0.157. The van der Waals surface area contributed by atoms with E-state index in [4.69, 9.17) is 9.47 Å². The number of carboxylic acids is 1. The number of carbonyl (C=O) groups is 2. The van der Waals surface area contributed by atoms with Crippen LogP contribution in [0.3, 0.4) is 0 Å². The lowest BCUT2D eigenvalue weighted by atomic mass is 9.91. The Morgan fingerprint density at radius 2 is 1.58 bits per heavy atom. The first kappa shape index (κ1) is 20.1. The maximum Gasteiger partial charge on any atom is 0.411 e. The predicted octanol–water partition coefficient (Wildman–Crippen LogP) is 4.28. The highest BCUT2D eigenvalue weighted by molar-refractivity contribution is 5.86. The summed E-state index contributed by atoms with van der Waals surface area (Å²) in [6.45, 7) is 0.164. The third kappa shape index (κ3) is 3.30. The molecule has 0 bridgehead atoms. The summed E-state index contributed by atoms with van der Waals surface area (Å²) in [5.41, 5.74) is 3.25. The second-order valence-corrected chi connectivity index (χ2v) is 8.84. The minimum atomic E-state index is -1.35. The van der Waals surface area contributed by atoms with Gasteiger partial charge in [-0.05, 0) is 53.9 Å². The largest absolute Gasteiger partial charge is 0.479 e. The van der Waals surface area contributed by atoms with Gasteiger partial charge in [0.15, 0.2) is 5.54 Å². The molecule has 3 aliphatic rings. The van der Waals surface area contributed by atoms with E-state index >= 15 is 0 Å². The zero-order valence-electron chi connectivity index (χ0n) is 17.6. The van der Waals surface area contributed by atoms with E-state index in [0.29, 0.717) is 0 Å². The molecule has 6 nitrogen and oxygen atoms in total. The lowest BCUT2D eigenvalue weighted by Gasteiger charge is -2.40. The summed E-state index contributed by atoms with van der Waals surface area (Å²) < 4.78 is 11.2. The highest BCUT2D eigenvalue weighted by atomic mass is 16.6. The van der Waals surface area contributed by atoms with Crippen LogP contribution < -0.4 is 0 Å². The molecule has 2 aromatic carbocycles. The number of benzene rings is 2. The number of rotatable bonds is 8. The summed E-state index contributed by atoms with van der Waals surface area (Å²) in [5, 5.41) is 10.2. The molecular weight excluding hydrogens is 394 g/mol. The normalized spacial score (nSPS) is 19.3. The van der Waals surface area contributed by atoms with Gasteiger partial charge in [0.25, 0.3) is 0 Å². The topological polar surface area (TPSA) is 76.1 Å². The fourth-order valence-corrected chi connectivity index (χ4v) is 5.14. The van der Waals surface area contributed by atoms with E-state index in [1.807, 2.05) is 24.3 Å². The monoisotopic (exact) mass is 421 g/mol. The molecule has 31 heavy (non-hydrogen) atoms. The molecule has 0 spiro atoms. The van der Waals surface area contributed by atoms with Crippen molar-refractivity contribution >= 4 is 12.1 Å². The number of methoxy groups -OCH3 is 1. The maximum absolute atomic E-state index is 13.3. The average Bonchev–Trinajstić information content (AvgIpc) is 3.69. The van der Waals surface area contributed by atoms with Gasteiger partial charge in [-0.15, -0.1) is 0 Å². The van der Waals surface area contributed by atoms with E-state index in [-0.39, 0.29) is 31.1 Å². The van der Waals surface area contributed by atoms with Crippen LogP contribution in [0.25, 0.3) is 11.1 Å². The van der Waals surface area contributed by atoms with Crippen LogP contribution in [0, 0.1) is 5.92 Å². The minimum Gasteiger partial charge on any atom is -0.479 e. The summed E-state index contributed by atoms with van der Waals surface area (Å²) in [4.78, 5) is 27.3. The van der Waals surface area contributed by atoms with Crippen molar-refractivity contribution in [1.82, 2.24) is 4.90 Å². The molecule has 2 fully saturated rings. The third-order valence-electron chi connectivity index (χ3n) is 6.86. The number of amides is 1. The van der Waals surface area contributed by atoms with Gasteiger partial charge in [0.2, 0.25) is 0 Å². The smallest absolute Gasteiger partial charge is 0.411 e. The lowest BCUT2D eigenvalue weighted by Crippen LogP contribution is -2.62. The summed E-state index contributed by atoms with van der Waals surface area (Å²) in [6.07, 6.45) is 2.63. The van der Waals surface area contributed by atoms with Crippen LogP contribution in [-0.4, -0.2) is 54.0 Å². The Kier molecular flexibility index (Phi) is 4.97. The standard InChI is InChI=1S/C25H27NO5/c1-30-15-25(23(27)28,16-10-11-16)26(17-12-13-17)24(29)31-14-22-20-8-4-2-6-18(20)19-7-3-5-9-21(19)22/h2-9,16-17,22H,10-15H2,1H3,(H,27,28). The summed E-state index contributed by atoms with van der Waals surface area (Å²) >= 11 is 0. The fourth-order valence-electron chi connectivity index (χ4n) is 5.14. The molecule has 0 radical (unpaired) electrons. The fraction of sp³-hybridized carbons (Fsp3) is 0.440. The number of hydrogen-bond acceptors (Lipinski definition) is 4. The van der Waals surface area contributed by atoms with Crippen LogP contribution in [0.15, 0.2) is 48.5 Å². The molecule has 0 saturated heterocycles. The van der Waals surface area contributed by atoms with Gasteiger partial charge in [0, 0.05) is 19.1 Å². The summed E-state index contributed by atoms with van der Waals surface area (Å²) in [7, 11) is 1.49. The van der Waals surface area contributed by atoms with E-state index in [1.54, 1.807) is 0 Å². The number of hydrogen-bond donors (Lipinski definition) is 1. The number of carbonyl (C=O) groups excluding carboxylic acids is 1. The van der Waals surface area contributed by atoms with Crippen molar-refractivity contribution in [1.29, 1.82) is 0 Å². The van der Waals surface area contributed by atoms with Crippen LogP contribution in [0.4, 0.5) is 4.79 Å². The minimum absolute atomic E-state index is 0.0201. The maximum atomic E-state index is 13.3. The van der Waals surface area contributed by atoms with Gasteiger partial charge >= 0.3 is 12.1 Å². The molecule has 1 amide bonds. The van der Waals surface area contributed by atoms with E-state index in [2.05, 4.69) is 24.3 Å². The quantitative estimate of drug-likeness (QED) is 0.689. The molecule has 2 aromatic rings. The van der Waals surface area contributed by atoms with Crippen molar-refractivity contribution in [2.45, 2.75) is 43.2 Å². The first-order valence-corrected chi connectivity index (χ1v) is 10.9. The van der Waals surface area contributed by atoms with E-state index < -0.39 is 17.6 Å². The van der Waals surface area contributed by atoms with Gasteiger partial charge in [-0.1, -0.05) is 48.5 Å². The van der Waals surface area contributed by atoms with Crippen molar-refractivity contribution in [2.75, 3.05) is 20.3 Å². The highest BCUT2D eigenvalue weighted by Gasteiger charge is 2.61. The van der Waals surface area contributed by atoms with Gasteiger partial charge in [0.05, 0.1) is 6.61 Å². The highest BCUT2D eigenvalue weighted by Crippen LogP contribution is 2.48. The van der Waals surface area contributed by atoms with Crippen molar-refractivity contribution < 1.29 is 24.2 Å². The molecule has 3 aliphatic carbocycles. The molecule has 0 aromatic heterocycles. The molecule has 6 heteroatoms. The Morgan fingerprint density at radius 1 is 1.00 bits per heavy atom. The number of aliphatic carboxylic acids is 1. The average molecular weight is 421 g/mol. The van der Waals surface area contributed by atoms with Crippen molar-refractivity contribution in [3.8, 4) is 11.1 Å². The Labute approximate surface area is 181 Å². The van der Waals surface area contributed by atoms with Crippen LogP contribution in [0.1, 0.15) is 42.7 Å². The van der Waals surface area contributed by atoms with Crippen molar-refractivity contribution in [3.63, 3.8) is 0 Å². The number of carboxylic acid groups (broad SMARTS) is 1. The van der Waals surface area contributed by atoms with E-state index in [0.717, 1.165) is 47.9 Å². The Bertz CT molecular complexity index is 967. The number of ether oxygens (including phenoxy) is 2. The second-order valence-electron chi connectivity index (χ2n) is 8.84. The van der Waals surface area contributed by atoms with Gasteiger partial charge in [-0.3, -0.25) is 4.90 Å². The van der Waals surface area contributed by atoms with Crippen molar-refractivity contribution in [2.24, 2.45) is 5.92 Å². The van der Waals surface area contributed by atoms with E-state index in [1.165, 1.54) is 12.0 Å². The Balaban J connectivity index is 1.41. The molecule has 1 N–H and O–H groups in total. The first-order valence-electron chi connectivity index (χ1n) is 10.9. The molecule has 5 rings (SSSR count). The summed E-state index contributed by atoms with van der Waals surface area (Å²) in [5.74, 6) is -1.15. The SMILES string of the molecule is COCC(C(=O)O)(C1CC1)N(C(=O)OCC1c2ccccc2-c2ccccc21)C1CC1. The zero-order valence-corrected chi connectivity index (χ0v) is 17.6. The Morgan fingerprint density at radius 3 is 2.06 bits per heavy atom. The first-order chi connectivity index (χ1) is 15.1. The Hall–Kier alpha value is -2.86. The predicted molar refractivity (Wildman–Crippen MR) is 115 cm³/mol. The summed E-state index contributed by atoms with van der Waals surface area (Å²) in [6, 6.07) is 16.3. The molecule has 0 heterocycles. The van der Waals surface area contributed by atoms with E-state index in [9.17, 15) is 14.7 Å². The third-order valence-corrected chi connectivity index (χ3v) is 6.86. The van der Waals surface area contributed by atoms with Crippen LogP contribution in [0.2, 0.25) is 0 Å².